The average molecular weight is 302 g/mol. The van der Waals surface area contributed by atoms with Crippen molar-refractivity contribution < 1.29 is 4.79 Å². The van der Waals surface area contributed by atoms with Crippen molar-refractivity contribution in [3.63, 3.8) is 0 Å². The van der Waals surface area contributed by atoms with Gasteiger partial charge in [-0.15, -0.1) is 11.3 Å². The molecule has 2 N–H and O–H groups in total. The predicted octanol–water partition coefficient (Wildman–Crippen LogP) is 4.30. The van der Waals surface area contributed by atoms with E-state index >= 15 is 0 Å². The van der Waals surface area contributed by atoms with Crippen molar-refractivity contribution in [2.45, 2.75) is 46.5 Å². The van der Waals surface area contributed by atoms with Crippen molar-refractivity contribution in [1.82, 2.24) is 0 Å². The van der Waals surface area contributed by atoms with Crippen LogP contribution in [0, 0.1) is 11.3 Å². The molecule has 0 saturated carbocycles. The summed E-state index contributed by atoms with van der Waals surface area (Å²) >= 11 is 7.36. The molecule has 0 aliphatic carbocycles. The van der Waals surface area contributed by atoms with Gasteiger partial charge in [0, 0.05) is 17.7 Å². The number of hydrogen-bond acceptors (Lipinski definition) is 3. The van der Waals surface area contributed by atoms with Crippen LogP contribution in [0.2, 0.25) is 4.34 Å². The van der Waals surface area contributed by atoms with Crippen LogP contribution in [-0.2, 0) is 11.2 Å². The summed E-state index contributed by atoms with van der Waals surface area (Å²) in [6, 6.07) is 3.78. The van der Waals surface area contributed by atoms with Crippen LogP contribution in [0.3, 0.4) is 0 Å². The van der Waals surface area contributed by atoms with Gasteiger partial charge in [-0.2, -0.15) is 0 Å². The standard InChI is InChI=1S/C15H24ClNOS/c1-15(2,3)11(8-9-17)4-5-12(18)10-13-6-7-14(16)19-13/h6-7,11H,4-5,8-10,17H2,1-3H3. The monoisotopic (exact) mass is 301 g/mol. The normalized spacial score (nSPS) is 13.5. The number of thiophene rings is 1. The quantitative estimate of drug-likeness (QED) is 0.815. The van der Waals surface area contributed by atoms with Crippen LogP contribution >= 0.6 is 22.9 Å². The van der Waals surface area contributed by atoms with Gasteiger partial charge in [-0.05, 0) is 42.9 Å². The molecule has 0 fully saturated rings. The number of nitrogens with two attached hydrogens (primary N) is 1. The number of hydrogen-bond donors (Lipinski definition) is 1. The molecule has 108 valence electrons. The van der Waals surface area contributed by atoms with E-state index in [9.17, 15) is 4.79 Å². The molecular weight excluding hydrogens is 278 g/mol. The number of carbonyl (C=O) groups is 1. The number of Topliss-reactive ketones (excluding diaryl/α,β-unsaturated/α-hetero) is 1. The Kier molecular flexibility index (Phi) is 6.51. The van der Waals surface area contributed by atoms with Gasteiger partial charge in [0.25, 0.3) is 0 Å². The van der Waals surface area contributed by atoms with Crippen LogP contribution in [0.1, 0.15) is 44.9 Å². The first-order chi connectivity index (χ1) is 8.82. The second-order valence-corrected chi connectivity index (χ2v) is 7.90. The summed E-state index contributed by atoms with van der Waals surface area (Å²) in [6.45, 7) is 7.35. The minimum absolute atomic E-state index is 0.214. The van der Waals surface area contributed by atoms with Crippen LogP contribution in [0.15, 0.2) is 12.1 Å². The first-order valence-corrected chi connectivity index (χ1v) is 7.98. The van der Waals surface area contributed by atoms with E-state index in [4.69, 9.17) is 17.3 Å². The van der Waals surface area contributed by atoms with E-state index < -0.39 is 0 Å². The lowest BCUT2D eigenvalue weighted by Gasteiger charge is -2.30. The SMILES string of the molecule is CC(C)(C)C(CCN)CCC(=O)Cc1ccc(Cl)s1. The minimum atomic E-state index is 0.214. The van der Waals surface area contributed by atoms with E-state index in [1.54, 1.807) is 0 Å². The van der Waals surface area contributed by atoms with E-state index in [1.807, 2.05) is 12.1 Å². The lowest BCUT2D eigenvalue weighted by molar-refractivity contribution is -0.118. The van der Waals surface area contributed by atoms with Crippen molar-refractivity contribution in [3.05, 3.63) is 21.3 Å². The topological polar surface area (TPSA) is 43.1 Å². The maximum atomic E-state index is 12.0. The van der Waals surface area contributed by atoms with Gasteiger partial charge < -0.3 is 5.73 Å². The molecule has 4 heteroatoms. The largest absolute Gasteiger partial charge is 0.330 e. The molecule has 0 aromatic carbocycles. The van der Waals surface area contributed by atoms with Gasteiger partial charge in [-0.25, -0.2) is 0 Å². The van der Waals surface area contributed by atoms with E-state index in [-0.39, 0.29) is 5.41 Å². The summed E-state index contributed by atoms with van der Waals surface area (Å²) in [6.07, 6.45) is 3.06. The summed E-state index contributed by atoms with van der Waals surface area (Å²) in [5.74, 6) is 0.804. The zero-order valence-corrected chi connectivity index (χ0v) is 13.6. The average Bonchev–Trinajstić information content (AvgIpc) is 2.68. The number of carbonyl (C=O) groups excluding carboxylic acids is 1. The van der Waals surface area contributed by atoms with Crippen molar-refractivity contribution in [2.75, 3.05) is 6.54 Å². The molecule has 1 atom stereocenters. The van der Waals surface area contributed by atoms with E-state index in [1.165, 1.54) is 11.3 Å². The molecule has 0 radical (unpaired) electrons. The summed E-state index contributed by atoms with van der Waals surface area (Å²) in [5, 5.41) is 0. The zero-order chi connectivity index (χ0) is 14.5. The van der Waals surface area contributed by atoms with Gasteiger partial charge in [0.15, 0.2) is 0 Å². The highest BCUT2D eigenvalue weighted by molar-refractivity contribution is 7.16. The first-order valence-electron chi connectivity index (χ1n) is 6.79. The summed E-state index contributed by atoms with van der Waals surface area (Å²) < 4.78 is 0.749. The lowest BCUT2D eigenvalue weighted by Crippen LogP contribution is -2.24. The Morgan fingerprint density at radius 2 is 2.05 bits per heavy atom. The Balaban J connectivity index is 2.43. The predicted molar refractivity (Wildman–Crippen MR) is 83.9 cm³/mol. The molecule has 0 spiro atoms. The van der Waals surface area contributed by atoms with Crippen LogP contribution in [0.25, 0.3) is 0 Å². The smallest absolute Gasteiger partial charge is 0.138 e. The first kappa shape index (κ1) is 16.7. The fraction of sp³-hybridized carbons (Fsp3) is 0.667. The molecule has 0 amide bonds. The minimum Gasteiger partial charge on any atom is -0.330 e. The van der Waals surface area contributed by atoms with Gasteiger partial charge in [0.2, 0.25) is 0 Å². The van der Waals surface area contributed by atoms with Gasteiger partial charge in [0.1, 0.15) is 5.78 Å². The Labute approximate surface area is 125 Å². The fourth-order valence-electron chi connectivity index (χ4n) is 2.28. The third kappa shape index (κ3) is 6.07. The van der Waals surface area contributed by atoms with Crippen molar-refractivity contribution >= 4 is 28.7 Å². The Morgan fingerprint density at radius 1 is 1.37 bits per heavy atom. The number of rotatable bonds is 7. The molecule has 1 heterocycles. The molecule has 0 saturated heterocycles. The van der Waals surface area contributed by atoms with Crippen LogP contribution in [-0.4, -0.2) is 12.3 Å². The van der Waals surface area contributed by atoms with Gasteiger partial charge in [-0.3, -0.25) is 4.79 Å². The second-order valence-electron chi connectivity index (χ2n) is 6.10. The van der Waals surface area contributed by atoms with E-state index in [0.29, 0.717) is 31.1 Å². The molecule has 0 aliphatic rings. The molecule has 19 heavy (non-hydrogen) atoms. The highest BCUT2D eigenvalue weighted by Gasteiger charge is 2.24. The maximum absolute atomic E-state index is 12.0. The van der Waals surface area contributed by atoms with Crippen LogP contribution < -0.4 is 5.73 Å². The van der Waals surface area contributed by atoms with Gasteiger partial charge in [0.05, 0.1) is 4.34 Å². The molecule has 2 nitrogen and oxygen atoms in total. The maximum Gasteiger partial charge on any atom is 0.138 e. The third-order valence-corrected chi connectivity index (χ3v) is 4.74. The lowest BCUT2D eigenvalue weighted by atomic mass is 9.76. The van der Waals surface area contributed by atoms with E-state index in [2.05, 4.69) is 20.8 Å². The zero-order valence-electron chi connectivity index (χ0n) is 12.0. The highest BCUT2D eigenvalue weighted by atomic mass is 35.5. The van der Waals surface area contributed by atoms with E-state index in [0.717, 1.165) is 22.1 Å². The Hall–Kier alpha value is -0.380. The molecule has 1 unspecified atom stereocenters. The summed E-state index contributed by atoms with van der Waals surface area (Å²) in [4.78, 5) is 13.0. The highest BCUT2D eigenvalue weighted by Crippen LogP contribution is 2.32. The number of ketones is 1. The molecular formula is C15H24ClNOS. The fourth-order valence-corrected chi connectivity index (χ4v) is 3.39. The molecule has 1 rings (SSSR count). The van der Waals surface area contributed by atoms with Crippen LogP contribution in [0.5, 0.6) is 0 Å². The number of halogens is 1. The summed E-state index contributed by atoms with van der Waals surface area (Å²) in [7, 11) is 0. The Bertz CT molecular complexity index is 409. The van der Waals surface area contributed by atoms with Gasteiger partial charge in [-0.1, -0.05) is 32.4 Å². The molecule has 0 bridgehead atoms. The van der Waals surface area contributed by atoms with Crippen molar-refractivity contribution in [2.24, 2.45) is 17.1 Å². The Morgan fingerprint density at radius 3 is 2.53 bits per heavy atom. The van der Waals surface area contributed by atoms with Crippen molar-refractivity contribution in [3.8, 4) is 0 Å². The molecule has 1 aromatic heterocycles. The van der Waals surface area contributed by atoms with Crippen molar-refractivity contribution in [1.29, 1.82) is 0 Å². The van der Waals surface area contributed by atoms with Gasteiger partial charge >= 0.3 is 0 Å². The second kappa shape index (κ2) is 7.41. The summed E-state index contributed by atoms with van der Waals surface area (Å²) in [5.41, 5.74) is 5.88. The van der Waals surface area contributed by atoms with Crippen LogP contribution in [0.4, 0.5) is 0 Å². The molecule has 0 aliphatic heterocycles. The third-order valence-electron chi connectivity index (χ3n) is 3.51. The molecule has 1 aromatic rings.